The van der Waals surface area contributed by atoms with Crippen molar-refractivity contribution in [3.05, 3.63) is 34.4 Å². The summed E-state index contributed by atoms with van der Waals surface area (Å²) >= 11 is 0. The standard InChI is InChI=1S/C16H22O3/c1-10-5-11(2)14(12(3)6-10)16(4,15(17)18)7-13-8-19-9-13/h5-6,13H,7-9H2,1-4H3,(H,17,18). The van der Waals surface area contributed by atoms with E-state index in [4.69, 9.17) is 4.74 Å². The molecule has 0 spiro atoms. The lowest BCUT2D eigenvalue weighted by molar-refractivity contribution is -0.146. The number of carbonyl (C=O) groups is 1. The van der Waals surface area contributed by atoms with Crippen LogP contribution in [0.4, 0.5) is 0 Å². The number of aryl methyl sites for hydroxylation is 3. The molecule has 0 aliphatic carbocycles. The van der Waals surface area contributed by atoms with Crippen LogP contribution in [0, 0.1) is 26.7 Å². The van der Waals surface area contributed by atoms with Gasteiger partial charge in [0.2, 0.25) is 0 Å². The van der Waals surface area contributed by atoms with E-state index in [-0.39, 0.29) is 0 Å². The molecule has 0 bridgehead atoms. The van der Waals surface area contributed by atoms with Gasteiger partial charge in [0.25, 0.3) is 0 Å². The van der Waals surface area contributed by atoms with Gasteiger partial charge in [-0.15, -0.1) is 0 Å². The van der Waals surface area contributed by atoms with Crippen LogP contribution in [0.1, 0.15) is 35.6 Å². The van der Waals surface area contributed by atoms with Crippen LogP contribution >= 0.6 is 0 Å². The van der Waals surface area contributed by atoms with Gasteiger partial charge in [-0.2, -0.15) is 0 Å². The maximum absolute atomic E-state index is 11.8. The molecule has 0 radical (unpaired) electrons. The Morgan fingerprint density at radius 2 is 1.84 bits per heavy atom. The lowest BCUT2D eigenvalue weighted by Gasteiger charge is -2.36. The highest BCUT2D eigenvalue weighted by molar-refractivity contribution is 5.82. The zero-order valence-corrected chi connectivity index (χ0v) is 12.1. The summed E-state index contributed by atoms with van der Waals surface area (Å²) in [6, 6.07) is 4.14. The van der Waals surface area contributed by atoms with Crippen LogP contribution in [0.15, 0.2) is 12.1 Å². The molecule has 1 N–H and O–H groups in total. The SMILES string of the molecule is Cc1cc(C)c(C(C)(CC2COC2)C(=O)O)c(C)c1. The molecule has 1 aromatic rings. The van der Waals surface area contributed by atoms with Crippen LogP contribution in [0.25, 0.3) is 0 Å². The van der Waals surface area contributed by atoms with E-state index in [0.717, 1.165) is 16.7 Å². The molecule has 104 valence electrons. The first-order valence-electron chi connectivity index (χ1n) is 6.74. The molecule has 0 amide bonds. The minimum Gasteiger partial charge on any atom is -0.481 e. The van der Waals surface area contributed by atoms with Crippen molar-refractivity contribution in [3.8, 4) is 0 Å². The average molecular weight is 262 g/mol. The van der Waals surface area contributed by atoms with Gasteiger partial charge in [-0.1, -0.05) is 17.7 Å². The van der Waals surface area contributed by atoms with Crippen molar-refractivity contribution < 1.29 is 14.6 Å². The first kappa shape index (κ1) is 14.1. The highest BCUT2D eigenvalue weighted by Gasteiger charge is 2.41. The smallest absolute Gasteiger partial charge is 0.313 e. The Hall–Kier alpha value is -1.35. The second kappa shape index (κ2) is 4.97. The number of carboxylic acids is 1. The van der Waals surface area contributed by atoms with E-state index in [1.54, 1.807) is 0 Å². The van der Waals surface area contributed by atoms with Crippen molar-refractivity contribution >= 4 is 5.97 Å². The predicted molar refractivity (Wildman–Crippen MR) is 74.6 cm³/mol. The fourth-order valence-electron chi connectivity index (χ4n) is 3.33. The number of aliphatic carboxylic acids is 1. The van der Waals surface area contributed by atoms with Crippen molar-refractivity contribution in [2.75, 3.05) is 13.2 Å². The molecule has 1 aromatic carbocycles. The molecule has 1 fully saturated rings. The van der Waals surface area contributed by atoms with Crippen molar-refractivity contribution in [3.63, 3.8) is 0 Å². The number of hydrogen-bond acceptors (Lipinski definition) is 2. The van der Waals surface area contributed by atoms with E-state index in [2.05, 4.69) is 12.1 Å². The number of benzene rings is 1. The van der Waals surface area contributed by atoms with E-state index >= 15 is 0 Å². The third kappa shape index (κ3) is 2.52. The normalized spacial score (nSPS) is 18.7. The molecule has 1 aliphatic heterocycles. The predicted octanol–water partition coefficient (Wildman–Crippen LogP) is 2.99. The van der Waals surface area contributed by atoms with Gasteiger partial charge in [0.15, 0.2) is 0 Å². The van der Waals surface area contributed by atoms with E-state index in [9.17, 15) is 9.90 Å². The molecular formula is C16H22O3. The van der Waals surface area contributed by atoms with Gasteiger partial charge in [-0.05, 0) is 50.8 Å². The zero-order chi connectivity index (χ0) is 14.2. The quantitative estimate of drug-likeness (QED) is 0.907. The fourth-order valence-corrected chi connectivity index (χ4v) is 3.33. The molecule has 1 saturated heterocycles. The minimum atomic E-state index is -0.823. The number of hydrogen-bond donors (Lipinski definition) is 1. The van der Waals surface area contributed by atoms with Gasteiger partial charge >= 0.3 is 5.97 Å². The average Bonchev–Trinajstić information content (AvgIpc) is 2.21. The van der Waals surface area contributed by atoms with Crippen molar-refractivity contribution in [1.82, 2.24) is 0 Å². The molecule has 3 nitrogen and oxygen atoms in total. The van der Waals surface area contributed by atoms with Crippen LogP contribution in [-0.2, 0) is 14.9 Å². The Morgan fingerprint density at radius 1 is 1.32 bits per heavy atom. The maximum atomic E-state index is 11.8. The van der Waals surface area contributed by atoms with Gasteiger partial charge in [0.1, 0.15) is 0 Å². The molecule has 1 atom stereocenters. The summed E-state index contributed by atoms with van der Waals surface area (Å²) in [6.07, 6.45) is 0.646. The van der Waals surface area contributed by atoms with E-state index in [0.29, 0.717) is 25.6 Å². The molecular weight excluding hydrogens is 240 g/mol. The second-order valence-corrected chi connectivity index (χ2v) is 6.02. The molecule has 0 aromatic heterocycles. The Balaban J connectivity index is 2.46. The summed E-state index contributed by atoms with van der Waals surface area (Å²) in [5.41, 5.74) is 3.47. The topological polar surface area (TPSA) is 46.5 Å². The van der Waals surface area contributed by atoms with Gasteiger partial charge < -0.3 is 9.84 Å². The van der Waals surface area contributed by atoms with E-state index < -0.39 is 11.4 Å². The summed E-state index contributed by atoms with van der Waals surface area (Å²) < 4.78 is 5.18. The third-order valence-electron chi connectivity index (χ3n) is 4.10. The number of ether oxygens (including phenoxy) is 1. The van der Waals surface area contributed by atoms with Crippen LogP contribution in [0.5, 0.6) is 0 Å². The highest BCUT2D eigenvalue weighted by Crippen LogP contribution is 2.38. The monoisotopic (exact) mass is 262 g/mol. The third-order valence-corrected chi connectivity index (χ3v) is 4.10. The first-order valence-corrected chi connectivity index (χ1v) is 6.74. The largest absolute Gasteiger partial charge is 0.481 e. The molecule has 1 unspecified atom stereocenters. The van der Waals surface area contributed by atoms with Crippen LogP contribution in [0.2, 0.25) is 0 Å². The van der Waals surface area contributed by atoms with Crippen molar-refractivity contribution in [2.24, 2.45) is 5.92 Å². The molecule has 1 aliphatic rings. The molecule has 19 heavy (non-hydrogen) atoms. The van der Waals surface area contributed by atoms with Crippen LogP contribution < -0.4 is 0 Å². The van der Waals surface area contributed by atoms with E-state index in [1.165, 1.54) is 5.56 Å². The molecule has 2 rings (SSSR count). The second-order valence-electron chi connectivity index (χ2n) is 6.02. The fraction of sp³-hybridized carbons (Fsp3) is 0.562. The summed E-state index contributed by atoms with van der Waals surface area (Å²) in [5.74, 6) is -0.379. The van der Waals surface area contributed by atoms with Crippen molar-refractivity contribution in [2.45, 2.75) is 39.5 Å². The maximum Gasteiger partial charge on any atom is 0.313 e. The van der Waals surface area contributed by atoms with Crippen LogP contribution in [-0.4, -0.2) is 24.3 Å². The molecule has 0 saturated carbocycles. The lowest BCUT2D eigenvalue weighted by atomic mass is 9.71. The Morgan fingerprint density at radius 3 is 2.21 bits per heavy atom. The number of rotatable bonds is 4. The summed E-state index contributed by atoms with van der Waals surface area (Å²) in [6.45, 7) is 9.28. The van der Waals surface area contributed by atoms with E-state index in [1.807, 2.05) is 27.7 Å². The van der Waals surface area contributed by atoms with Gasteiger partial charge in [-0.3, -0.25) is 4.79 Å². The van der Waals surface area contributed by atoms with Crippen LogP contribution in [0.3, 0.4) is 0 Å². The molecule has 3 heteroatoms. The first-order chi connectivity index (χ1) is 8.84. The Kier molecular flexibility index (Phi) is 3.68. The van der Waals surface area contributed by atoms with Gasteiger partial charge in [0.05, 0.1) is 18.6 Å². The summed E-state index contributed by atoms with van der Waals surface area (Å²) in [4.78, 5) is 11.8. The van der Waals surface area contributed by atoms with Crippen molar-refractivity contribution in [1.29, 1.82) is 0 Å². The molecule has 1 heterocycles. The highest BCUT2D eigenvalue weighted by atomic mass is 16.5. The lowest BCUT2D eigenvalue weighted by Crippen LogP contribution is -2.41. The Bertz CT molecular complexity index is 480. The summed E-state index contributed by atoms with van der Waals surface area (Å²) in [5, 5.41) is 9.73. The minimum absolute atomic E-state index is 0.362. The number of carboxylic acid groups (broad SMARTS) is 1. The van der Waals surface area contributed by atoms with Gasteiger partial charge in [0, 0.05) is 5.92 Å². The zero-order valence-electron chi connectivity index (χ0n) is 12.1. The summed E-state index contributed by atoms with van der Waals surface area (Å²) in [7, 11) is 0. The Labute approximate surface area is 114 Å². The van der Waals surface area contributed by atoms with Gasteiger partial charge in [-0.25, -0.2) is 0 Å².